The summed E-state index contributed by atoms with van der Waals surface area (Å²) in [7, 11) is 1.75. The average Bonchev–Trinajstić information content (AvgIpc) is 2.90. The summed E-state index contributed by atoms with van der Waals surface area (Å²) in [6.07, 6.45) is 11.6. The topological polar surface area (TPSA) is 61.5 Å². The number of carbonyl (C=O) groups excluding carboxylic acids is 1. The number of rotatable bonds is 13. The van der Waals surface area contributed by atoms with E-state index in [0.29, 0.717) is 25.7 Å². The van der Waals surface area contributed by atoms with Crippen LogP contribution in [0.25, 0.3) is 11.1 Å². The van der Waals surface area contributed by atoms with Crippen LogP contribution in [0.1, 0.15) is 80.7 Å². The highest BCUT2D eigenvalue weighted by atomic mass is 16.5. The van der Waals surface area contributed by atoms with E-state index in [1.165, 1.54) is 34.7 Å². The molecular weight excluding hydrogens is 476 g/mol. The fraction of sp³-hybridized carbons (Fsp3) is 0.469. The van der Waals surface area contributed by atoms with Crippen LogP contribution in [0.15, 0.2) is 43.0 Å². The molecule has 0 aliphatic heterocycles. The molecule has 0 aliphatic carbocycles. The molecule has 0 spiro atoms. The number of ether oxygens (including phenoxy) is 3. The van der Waals surface area contributed by atoms with Crippen LogP contribution in [-0.4, -0.2) is 31.3 Å². The van der Waals surface area contributed by atoms with Crippen LogP contribution in [0.5, 0.6) is 11.5 Å². The predicted molar refractivity (Wildman–Crippen MR) is 151 cm³/mol. The van der Waals surface area contributed by atoms with Crippen molar-refractivity contribution < 1.29 is 23.6 Å². The van der Waals surface area contributed by atoms with Gasteiger partial charge in [0.05, 0.1) is 20.3 Å². The lowest BCUT2D eigenvalue weighted by Crippen LogP contribution is -2.34. The normalized spacial score (nSPS) is 11.8. The molecular formula is C32H43N2O4+. The molecule has 1 aromatic carbocycles. The summed E-state index contributed by atoms with van der Waals surface area (Å²) in [5, 5.41) is 0. The van der Waals surface area contributed by atoms with Crippen LogP contribution in [-0.2, 0) is 22.5 Å². The SMILES string of the molecule is CCOc1c(C(CC)CCCOC(C)=O)cc(CC)c(OC)c1C[n+]1ccc(-c2ccncc2C)c(C)c1. The summed E-state index contributed by atoms with van der Waals surface area (Å²) in [6, 6.07) is 6.51. The number of aromatic nitrogens is 2. The van der Waals surface area contributed by atoms with Gasteiger partial charge in [-0.25, -0.2) is 4.57 Å². The second-order valence-electron chi connectivity index (χ2n) is 9.74. The van der Waals surface area contributed by atoms with Crippen molar-refractivity contribution in [2.24, 2.45) is 0 Å². The minimum Gasteiger partial charge on any atom is -0.496 e. The van der Waals surface area contributed by atoms with Crippen molar-refractivity contribution in [1.82, 2.24) is 4.98 Å². The monoisotopic (exact) mass is 519 g/mol. The average molecular weight is 520 g/mol. The molecule has 0 saturated heterocycles. The van der Waals surface area contributed by atoms with Crippen molar-refractivity contribution in [3.8, 4) is 22.6 Å². The summed E-state index contributed by atoms with van der Waals surface area (Å²) in [6.45, 7) is 13.7. The van der Waals surface area contributed by atoms with Crippen LogP contribution in [0.3, 0.4) is 0 Å². The largest absolute Gasteiger partial charge is 0.496 e. The molecule has 1 unspecified atom stereocenters. The van der Waals surface area contributed by atoms with E-state index in [-0.39, 0.29) is 5.97 Å². The Hall–Kier alpha value is -3.41. The summed E-state index contributed by atoms with van der Waals surface area (Å²) in [5.74, 6) is 1.88. The standard InChI is InChI=1S/C32H43N2O4/c1-8-25(12-11-17-38-24(6)35)29-18-26(9-2)31(36-7)30(32(29)37-10-3)21-34-16-14-28(23(5)20-34)27-13-15-33-19-22(27)4/h13-16,18-20,25H,8-12,17,21H2,1-7H3/q+1. The maximum Gasteiger partial charge on any atom is 0.302 e. The van der Waals surface area contributed by atoms with Crippen molar-refractivity contribution >= 4 is 5.97 Å². The minimum atomic E-state index is -0.231. The second-order valence-corrected chi connectivity index (χ2v) is 9.74. The number of hydrogen-bond donors (Lipinski definition) is 0. The molecule has 0 bridgehead atoms. The van der Waals surface area contributed by atoms with Gasteiger partial charge in [-0.1, -0.05) is 13.8 Å². The van der Waals surface area contributed by atoms with Gasteiger partial charge in [-0.3, -0.25) is 9.78 Å². The molecule has 0 aliphatic rings. The summed E-state index contributed by atoms with van der Waals surface area (Å²) < 4.78 is 19.8. The fourth-order valence-electron chi connectivity index (χ4n) is 5.22. The molecule has 0 saturated carbocycles. The van der Waals surface area contributed by atoms with E-state index in [4.69, 9.17) is 14.2 Å². The van der Waals surface area contributed by atoms with Gasteiger partial charge in [0.25, 0.3) is 0 Å². The first-order valence-corrected chi connectivity index (χ1v) is 13.7. The van der Waals surface area contributed by atoms with Gasteiger partial charge >= 0.3 is 5.97 Å². The van der Waals surface area contributed by atoms with Crippen LogP contribution in [0.2, 0.25) is 0 Å². The lowest BCUT2D eigenvalue weighted by atomic mass is 9.87. The zero-order valence-electron chi connectivity index (χ0n) is 24.1. The van der Waals surface area contributed by atoms with Crippen molar-refractivity contribution in [3.63, 3.8) is 0 Å². The molecule has 6 heteroatoms. The molecule has 1 atom stereocenters. The number of carbonyl (C=O) groups is 1. The maximum atomic E-state index is 11.2. The third-order valence-electron chi connectivity index (χ3n) is 7.11. The number of nitrogens with zero attached hydrogens (tertiary/aromatic N) is 2. The highest BCUT2D eigenvalue weighted by Gasteiger charge is 2.26. The van der Waals surface area contributed by atoms with E-state index in [1.807, 2.05) is 19.3 Å². The Morgan fingerprint density at radius 3 is 2.45 bits per heavy atom. The van der Waals surface area contributed by atoms with E-state index < -0.39 is 0 Å². The van der Waals surface area contributed by atoms with E-state index in [1.54, 1.807) is 7.11 Å². The molecule has 3 rings (SSSR count). The lowest BCUT2D eigenvalue weighted by molar-refractivity contribution is -0.688. The number of aryl methyl sites for hydroxylation is 3. The first-order chi connectivity index (χ1) is 18.3. The molecule has 2 heterocycles. The minimum absolute atomic E-state index is 0.231. The Labute approximate surface area is 228 Å². The van der Waals surface area contributed by atoms with Gasteiger partial charge < -0.3 is 14.2 Å². The molecule has 0 N–H and O–H groups in total. The molecule has 0 radical (unpaired) electrons. The maximum absolute atomic E-state index is 11.2. The van der Waals surface area contributed by atoms with Crippen molar-refractivity contribution in [2.45, 2.75) is 79.7 Å². The van der Waals surface area contributed by atoms with E-state index in [0.717, 1.165) is 48.3 Å². The molecule has 3 aromatic rings. The summed E-state index contributed by atoms with van der Waals surface area (Å²) in [4.78, 5) is 15.5. The Morgan fingerprint density at radius 2 is 1.84 bits per heavy atom. The molecule has 204 valence electrons. The van der Waals surface area contributed by atoms with Crippen molar-refractivity contribution in [1.29, 1.82) is 0 Å². The highest BCUT2D eigenvalue weighted by Crippen LogP contribution is 2.42. The number of hydrogen-bond acceptors (Lipinski definition) is 5. The Bertz CT molecular complexity index is 1240. The number of methoxy groups -OCH3 is 1. The van der Waals surface area contributed by atoms with Crippen LogP contribution >= 0.6 is 0 Å². The molecule has 0 fully saturated rings. The second kappa shape index (κ2) is 13.9. The van der Waals surface area contributed by atoms with Crippen LogP contribution < -0.4 is 14.0 Å². The summed E-state index contributed by atoms with van der Waals surface area (Å²) in [5.41, 5.74) is 8.23. The van der Waals surface area contributed by atoms with Crippen molar-refractivity contribution in [3.05, 3.63) is 70.8 Å². The Morgan fingerprint density at radius 1 is 1.08 bits per heavy atom. The van der Waals surface area contributed by atoms with E-state index in [9.17, 15) is 4.79 Å². The number of esters is 1. The van der Waals surface area contributed by atoms with Gasteiger partial charge in [-0.2, -0.15) is 0 Å². The number of pyridine rings is 2. The first-order valence-electron chi connectivity index (χ1n) is 13.7. The third kappa shape index (κ3) is 6.91. The zero-order valence-corrected chi connectivity index (χ0v) is 24.1. The van der Waals surface area contributed by atoms with Gasteiger partial charge in [0.15, 0.2) is 18.9 Å². The summed E-state index contributed by atoms with van der Waals surface area (Å²) >= 11 is 0. The first kappa shape index (κ1) is 29.2. The molecule has 0 amide bonds. The quantitative estimate of drug-likeness (QED) is 0.146. The van der Waals surface area contributed by atoms with Gasteiger partial charge in [0, 0.05) is 30.9 Å². The Balaban J connectivity index is 2.04. The smallest absolute Gasteiger partial charge is 0.302 e. The van der Waals surface area contributed by atoms with Gasteiger partial charge in [-0.15, -0.1) is 0 Å². The van der Waals surface area contributed by atoms with Crippen LogP contribution in [0.4, 0.5) is 0 Å². The lowest BCUT2D eigenvalue weighted by Gasteiger charge is -2.24. The van der Waals surface area contributed by atoms with Gasteiger partial charge in [0.2, 0.25) is 0 Å². The van der Waals surface area contributed by atoms with Gasteiger partial charge in [0.1, 0.15) is 17.1 Å². The zero-order chi connectivity index (χ0) is 27.7. The highest BCUT2D eigenvalue weighted by molar-refractivity contribution is 5.68. The fourth-order valence-corrected chi connectivity index (χ4v) is 5.22. The third-order valence-corrected chi connectivity index (χ3v) is 7.11. The Kier molecular flexibility index (Phi) is 10.7. The van der Waals surface area contributed by atoms with Gasteiger partial charge in [-0.05, 0) is 92.3 Å². The number of benzene rings is 1. The van der Waals surface area contributed by atoms with E-state index >= 15 is 0 Å². The molecule has 38 heavy (non-hydrogen) atoms. The molecule has 2 aromatic heterocycles. The van der Waals surface area contributed by atoms with Crippen molar-refractivity contribution in [2.75, 3.05) is 20.3 Å². The van der Waals surface area contributed by atoms with E-state index in [2.05, 4.69) is 67.8 Å². The molecule has 6 nitrogen and oxygen atoms in total. The predicted octanol–water partition coefficient (Wildman–Crippen LogP) is 6.51. The van der Waals surface area contributed by atoms with Crippen LogP contribution in [0, 0.1) is 13.8 Å².